The second-order valence-corrected chi connectivity index (χ2v) is 7.67. The second-order valence-electron chi connectivity index (χ2n) is 7.67. The third-order valence-electron chi connectivity index (χ3n) is 5.68. The number of aromatic amines is 1. The summed E-state index contributed by atoms with van der Waals surface area (Å²) in [4.78, 5) is 8.62. The first kappa shape index (κ1) is 17.6. The van der Waals surface area contributed by atoms with Gasteiger partial charge in [0, 0.05) is 34.9 Å². The molecule has 0 saturated heterocycles. The van der Waals surface area contributed by atoms with Crippen molar-refractivity contribution in [3.8, 4) is 39.5 Å². The van der Waals surface area contributed by atoms with Crippen LogP contribution in [0.3, 0.4) is 0 Å². The highest BCUT2D eigenvalue weighted by Crippen LogP contribution is 2.40. The van der Waals surface area contributed by atoms with Gasteiger partial charge >= 0.3 is 0 Å². The van der Waals surface area contributed by atoms with Gasteiger partial charge < -0.3 is 5.11 Å². The monoisotopic (exact) mass is 406 g/mol. The van der Waals surface area contributed by atoms with Crippen LogP contribution in [-0.2, 0) is 13.0 Å². The molecule has 6 rings (SSSR count). The number of phenolic OH excluding ortho intramolecular Hbond substituents is 1. The summed E-state index contributed by atoms with van der Waals surface area (Å²) < 4.78 is 1.82. The molecule has 0 atom stereocenters. The van der Waals surface area contributed by atoms with Gasteiger partial charge in [-0.05, 0) is 47.5 Å². The van der Waals surface area contributed by atoms with Crippen LogP contribution in [0.4, 0.5) is 0 Å². The Balaban J connectivity index is 1.29. The van der Waals surface area contributed by atoms with Crippen molar-refractivity contribution in [3.05, 3.63) is 90.1 Å². The number of rotatable bonds is 4. The maximum absolute atomic E-state index is 9.48. The zero-order valence-electron chi connectivity index (χ0n) is 16.5. The second kappa shape index (κ2) is 6.91. The molecule has 0 spiro atoms. The smallest absolute Gasteiger partial charge is 0.137 e. The van der Waals surface area contributed by atoms with Crippen LogP contribution in [0.2, 0.25) is 0 Å². The Morgan fingerprint density at radius 2 is 1.87 bits per heavy atom. The van der Waals surface area contributed by atoms with E-state index in [4.69, 9.17) is 0 Å². The van der Waals surface area contributed by atoms with Crippen molar-refractivity contribution in [2.45, 2.75) is 13.0 Å². The Bertz CT molecular complexity index is 1370. The summed E-state index contributed by atoms with van der Waals surface area (Å²) in [6, 6.07) is 17.6. The molecule has 0 unspecified atom stereocenters. The number of nitrogens with one attached hydrogen (secondary N) is 1. The van der Waals surface area contributed by atoms with Gasteiger partial charge in [-0.15, -0.1) is 0 Å². The lowest BCUT2D eigenvalue weighted by Crippen LogP contribution is -2.00. The normalized spacial score (nSPS) is 12.0. The minimum atomic E-state index is 0.247. The summed E-state index contributed by atoms with van der Waals surface area (Å²) in [5.74, 6) is 0.247. The van der Waals surface area contributed by atoms with Gasteiger partial charge in [-0.25, -0.2) is 9.67 Å². The summed E-state index contributed by atoms with van der Waals surface area (Å²) in [5.41, 5.74) is 9.71. The van der Waals surface area contributed by atoms with Crippen LogP contribution in [-0.4, -0.2) is 35.1 Å². The van der Waals surface area contributed by atoms with E-state index in [-0.39, 0.29) is 5.75 Å². The molecule has 7 nitrogen and oxygen atoms in total. The molecular weight excluding hydrogens is 388 g/mol. The van der Waals surface area contributed by atoms with Crippen molar-refractivity contribution in [2.75, 3.05) is 0 Å². The minimum absolute atomic E-state index is 0.247. The topological polar surface area (TPSA) is 92.5 Å². The van der Waals surface area contributed by atoms with Crippen LogP contribution >= 0.6 is 0 Å². The van der Waals surface area contributed by atoms with Crippen molar-refractivity contribution in [1.29, 1.82) is 0 Å². The number of fused-ring (bicyclic) bond motifs is 3. The zero-order valence-corrected chi connectivity index (χ0v) is 16.5. The van der Waals surface area contributed by atoms with Gasteiger partial charge in [-0.2, -0.15) is 10.2 Å². The molecule has 150 valence electrons. The molecule has 3 heterocycles. The van der Waals surface area contributed by atoms with E-state index in [1.54, 1.807) is 24.8 Å². The van der Waals surface area contributed by atoms with Gasteiger partial charge in [0.25, 0.3) is 0 Å². The maximum atomic E-state index is 9.48. The third kappa shape index (κ3) is 3.07. The molecule has 2 aromatic carbocycles. The number of H-pyrrole nitrogens is 1. The average molecular weight is 406 g/mol. The van der Waals surface area contributed by atoms with E-state index < -0.39 is 0 Å². The predicted molar refractivity (Wildman–Crippen MR) is 116 cm³/mol. The molecule has 0 bridgehead atoms. The molecule has 0 saturated carbocycles. The number of hydrogen-bond acceptors (Lipinski definition) is 5. The lowest BCUT2D eigenvalue weighted by atomic mass is 10.0. The first-order valence-electron chi connectivity index (χ1n) is 10.0. The van der Waals surface area contributed by atoms with Crippen LogP contribution < -0.4 is 0 Å². The lowest BCUT2D eigenvalue weighted by Gasteiger charge is -2.05. The quantitative estimate of drug-likeness (QED) is 0.461. The molecule has 0 aliphatic heterocycles. The highest BCUT2D eigenvalue weighted by atomic mass is 16.3. The molecule has 0 radical (unpaired) electrons. The maximum Gasteiger partial charge on any atom is 0.137 e. The van der Waals surface area contributed by atoms with Crippen LogP contribution in [0.1, 0.15) is 16.7 Å². The summed E-state index contributed by atoms with van der Waals surface area (Å²) >= 11 is 0. The Morgan fingerprint density at radius 1 is 1.00 bits per heavy atom. The molecule has 0 amide bonds. The summed E-state index contributed by atoms with van der Waals surface area (Å²) in [6.07, 6.45) is 5.98. The Morgan fingerprint density at radius 3 is 2.65 bits per heavy atom. The van der Waals surface area contributed by atoms with E-state index in [0.29, 0.717) is 6.54 Å². The minimum Gasteiger partial charge on any atom is -0.508 e. The first-order valence-corrected chi connectivity index (χ1v) is 10.0. The molecule has 1 aliphatic rings. The predicted octanol–water partition coefficient (Wildman–Crippen LogP) is 4.06. The van der Waals surface area contributed by atoms with Crippen LogP contribution in [0.5, 0.6) is 5.75 Å². The molecule has 31 heavy (non-hydrogen) atoms. The third-order valence-corrected chi connectivity index (χ3v) is 5.68. The molecule has 0 fully saturated rings. The van der Waals surface area contributed by atoms with E-state index in [1.807, 2.05) is 35.1 Å². The molecular formula is C24H18N6O. The number of phenols is 1. The summed E-state index contributed by atoms with van der Waals surface area (Å²) in [7, 11) is 0. The Labute approximate surface area is 178 Å². The van der Waals surface area contributed by atoms with E-state index in [9.17, 15) is 5.11 Å². The van der Waals surface area contributed by atoms with Gasteiger partial charge in [0.2, 0.25) is 0 Å². The van der Waals surface area contributed by atoms with Gasteiger partial charge in [-0.3, -0.25) is 10.1 Å². The van der Waals surface area contributed by atoms with Crippen molar-refractivity contribution in [3.63, 3.8) is 0 Å². The number of aromatic hydroxyl groups is 1. The van der Waals surface area contributed by atoms with Crippen molar-refractivity contribution in [2.24, 2.45) is 0 Å². The number of aromatic nitrogens is 6. The van der Waals surface area contributed by atoms with E-state index in [1.165, 1.54) is 22.3 Å². The number of nitrogens with zero attached hydrogens (tertiary/aromatic N) is 5. The van der Waals surface area contributed by atoms with Gasteiger partial charge in [0.15, 0.2) is 0 Å². The molecule has 1 aliphatic carbocycles. The Kier molecular flexibility index (Phi) is 3.92. The molecule has 2 N–H and O–H groups in total. The van der Waals surface area contributed by atoms with Gasteiger partial charge in [0.05, 0.1) is 23.6 Å². The number of pyridine rings is 1. The van der Waals surface area contributed by atoms with Crippen molar-refractivity contribution < 1.29 is 5.11 Å². The molecule has 5 aromatic rings. The number of hydrogen-bond donors (Lipinski definition) is 2. The van der Waals surface area contributed by atoms with Crippen molar-refractivity contribution >= 4 is 0 Å². The van der Waals surface area contributed by atoms with Crippen LogP contribution in [0.15, 0.2) is 73.4 Å². The van der Waals surface area contributed by atoms with Gasteiger partial charge in [-0.1, -0.05) is 18.2 Å². The average Bonchev–Trinajstić information content (AvgIpc) is 3.52. The first-order chi connectivity index (χ1) is 15.2. The summed E-state index contributed by atoms with van der Waals surface area (Å²) in [5, 5.41) is 21.5. The fourth-order valence-corrected chi connectivity index (χ4v) is 4.16. The fourth-order valence-electron chi connectivity index (χ4n) is 4.16. The van der Waals surface area contributed by atoms with Gasteiger partial charge in [0.1, 0.15) is 18.4 Å². The highest BCUT2D eigenvalue weighted by Gasteiger charge is 2.25. The fraction of sp³-hybridized carbons (Fsp3) is 0.0833. The Hall–Kier alpha value is -4.26. The van der Waals surface area contributed by atoms with Crippen molar-refractivity contribution in [1.82, 2.24) is 29.9 Å². The standard InChI is InChI=1S/C24H18N6O/c31-19-5-2-16(3-6-19)22-8-4-17(11-26-22)23-21-10-18-9-15(12-30-14-25-13-27-30)1-7-20(18)24(21)29-28-23/h1-9,11,13-14,31H,10,12H2,(H,28,29). The SMILES string of the molecule is Oc1ccc(-c2ccc(-c3n[nH]c4c3Cc3cc(Cn5cncn5)ccc3-4)cn2)cc1. The highest BCUT2D eigenvalue weighted by molar-refractivity contribution is 5.81. The molecule has 7 heteroatoms. The molecule has 3 aromatic heterocycles. The lowest BCUT2D eigenvalue weighted by molar-refractivity contribution is 0.475. The number of benzene rings is 2. The largest absolute Gasteiger partial charge is 0.508 e. The van der Waals surface area contributed by atoms with Crippen LogP contribution in [0.25, 0.3) is 33.8 Å². The van der Waals surface area contributed by atoms with E-state index in [2.05, 4.69) is 43.5 Å². The summed E-state index contributed by atoms with van der Waals surface area (Å²) in [6.45, 7) is 0.703. The zero-order chi connectivity index (χ0) is 20.8. The van der Waals surface area contributed by atoms with E-state index in [0.717, 1.165) is 34.6 Å². The van der Waals surface area contributed by atoms with Crippen LogP contribution in [0, 0.1) is 0 Å². The van der Waals surface area contributed by atoms with E-state index >= 15 is 0 Å².